The number of hydrogen-bond donors (Lipinski definition) is 4. The molecule has 1 unspecified atom stereocenters. The number of rotatable bonds is 5. The Kier molecular flexibility index (Phi) is 5.90. The highest BCUT2D eigenvalue weighted by molar-refractivity contribution is 6.30. The van der Waals surface area contributed by atoms with Gasteiger partial charge in [0.25, 0.3) is 0 Å². The molecule has 4 rings (SSSR count). The third kappa shape index (κ3) is 3.75. The van der Waals surface area contributed by atoms with Crippen molar-refractivity contribution >= 4 is 46.0 Å². The number of hydrogen-bond acceptors (Lipinski definition) is 7. The van der Waals surface area contributed by atoms with Crippen molar-refractivity contribution in [2.75, 3.05) is 11.2 Å². The van der Waals surface area contributed by atoms with Crippen molar-refractivity contribution in [2.24, 2.45) is 5.92 Å². The fourth-order valence-electron chi connectivity index (χ4n) is 3.88. The van der Waals surface area contributed by atoms with Crippen LogP contribution in [0.2, 0.25) is 5.02 Å². The van der Waals surface area contributed by atoms with Crippen LogP contribution in [0.1, 0.15) is 24.1 Å². The van der Waals surface area contributed by atoms with Crippen molar-refractivity contribution in [3.63, 3.8) is 0 Å². The molecule has 1 aliphatic rings. The summed E-state index contributed by atoms with van der Waals surface area (Å²) in [6.07, 6.45) is -0.334. The topological polar surface area (TPSA) is 133 Å². The first-order valence-corrected chi connectivity index (χ1v) is 10.2. The van der Waals surface area contributed by atoms with Gasteiger partial charge in [0, 0.05) is 10.9 Å². The second-order valence-corrected chi connectivity index (χ2v) is 7.88. The highest BCUT2D eigenvalue weighted by Crippen LogP contribution is 2.42. The largest absolute Gasteiger partial charge is 0.390 e. The Labute approximate surface area is 181 Å². The monoisotopic (exact) mass is 451 g/mol. The van der Waals surface area contributed by atoms with E-state index in [4.69, 9.17) is 23.2 Å². The van der Waals surface area contributed by atoms with Gasteiger partial charge in [-0.2, -0.15) is 5.10 Å². The highest BCUT2D eigenvalue weighted by atomic mass is 35.5. The second-order valence-electron chi connectivity index (χ2n) is 7.17. The first kappa shape index (κ1) is 21.0. The number of nitrogens with zero attached hydrogens (tertiary/aromatic N) is 4. The molecule has 5 atom stereocenters. The molecule has 0 radical (unpaired) electrons. The van der Waals surface area contributed by atoms with Crippen LogP contribution in [0.3, 0.4) is 0 Å². The number of fused-ring (bicyclic) bond motifs is 1. The fourth-order valence-corrected chi connectivity index (χ4v) is 4.07. The van der Waals surface area contributed by atoms with Gasteiger partial charge in [0.2, 0.25) is 5.91 Å². The van der Waals surface area contributed by atoms with E-state index < -0.39 is 36.2 Å². The average Bonchev–Trinajstić information content (AvgIpc) is 3.30. The van der Waals surface area contributed by atoms with E-state index in [9.17, 15) is 20.1 Å². The van der Waals surface area contributed by atoms with Crippen LogP contribution in [0.5, 0.6) is 0 Å². The van der Waals surface area contributed by atoms with Crippen LogP contribution in [0.15, 0.2) is 36.8 Å². The predicted octanol–water partition coefficient (Wildman–Crippen LogP) is 1.67. The van der Waals surface area contributed by atoms with E-state index in [-0.39, 0.29) is 18.1 Å². The summed E-state index contributed by atoms with van der Waals surface area (Å²) in [5, 5.41) is 39.9. The summed E-state index contributed by atoms with van der Waals surface area (Å²) in [7, 11) is 0. The number of benzene rings is 1. The molecule has 1 fully saturated rings. The van der Waals surface area contributed by atoms with E-state index in [0.29, 0.717) is 21.6 Å². The van der Waals surface area contributed by atoms with Gasteiger partial charge >= 0.3 is 0 Å². The molecule has 3 aromatic rings. The molecule has 9 nitrogen and oxygen atoms in total. The molecule has 158 valence electrons. The minimum atomic E-state index is -1.17. The van der Waals surface area contributed by atoms with Crippen molar-refractivity contribution < 1.29 is 20.1 Å². The van der Waals surface area contributed by atoms with Gasteiger partial charge < -0.3 is 20.6 Å². The van der Waals surface area contributed by atoms with Crippen molar-refractivity contribution in [3.05, 3.63) is 47.4 Å². The van der Waals surface area contributed by atoms with Crippen molar-refractivity contribution in [3.8, 4) is 0 Å². The van der Waals surface area contributed by atoms with Crippen molar-refractivity contribution in [1.82, 2.24) is 19.7 Å². The lowest BCUT2D eigenvalue weighted by Crippen LogP contribution is -2.31. The van der Waals surface area contributed by atoms with E-state index in [2.05, 4.69) is 20.4 Å². The molecule has 1 saturated carbocycles. The van der Waals surface area contributed by atoms with Gasteiger partial charge in [-0.05, 0) is 24.1 Å². The Balaban J connectivity index is 1.63. The van der Waals surface area contributed by atoms with Crippen LogP contribution in [0.4, 0.5) is 5.82 Å². The molecule has 2 heterocycles. The Hall–Kier alpha value is -2.30. The number of anilines is 1. The SMILES string of the molecule is O=C(CCl)Nc1ncnc2c1cnn2[C@@H]1C[C@H](C(O)c2ccc(Cl)cc2)[C@@H](O)[C@H]1O. The number of aliphatic hydroxyl groups excluding tert-OH is 3. The van der Waals surface area contributed by atoms with E-state index in [1.807, 2.05) is 0 Å². The molecule has 0 aliphatic heterocycles. The van der Waals surface area contributed by atoms with Gasteiger partial charge in [-0.3, -0.25) is 4.79 Å². The fraction of sp³-hybridized carbons (Fsp3) is 0.368. The van der Waals surface area contributed by atoms with Crippen molar-refractivity contribution in [1.29, 1.82) is 0 Å². The molecule has 2 aromatic heterocycles. The Morgan fingerprint density at radius 2 is 1.97 bits per heavy atom. The van der Waals surface area contributed by atoms with Crippen LogP contribution in [0, 0.1) is 5.92 Å². The summed E-state index contributed by atoms with van der Waals surface area (Å²) in [6.45, 7) is 0. The first-order valence-electron chi connectivity index (χ1n) is 9.24. The van der Waals surface area contributed by atoms with Crippen LogP contribution >= 0.6 is 23.2 Å². The van der Waals surface area contributed by atoms with Gasteiger partial charge in [-0.25, -0.2) is 14.6 Å². The van der Waals surface area contributed by atoms with Gasteiger partial charge in [-0.15, -0.1) is 11.6 Å². The van der Waals surface area contributed by atoms with Gasteiger partial charge in [0.15, 0.2) is 5.65 Å². The molecule has 0 saturated heterocycles. The van der Waals surface area contributed by atoms with Crippen LogP contribution in [-0.4, -0.2) is 59.1 Å². The molecule has 0 spiro atoms. The molecule has 30 heavy (non-hydrogen) atoms. The predicted molar refractivity (Wildman–Crippen MR) is 110 cm³/mol. The van der Waals surface area contributed by atoms with Crippen LogP contribution in [-0.2, 0) is 4.79 Å². The molecular formula is C19H19Cl2N5O4. The molecule has 1 amide bonds. The summed E-state index contributed by atoms with van der Waals surface area (Å²) >= 11 is 11.4. The number of carbonyl (C=O) groups excluding carboxylic acids is 1. The summed E-state index contributed by atoms with van der Waals surface area (Å²) in [5.74, 6) is -1.02. The number of aliphatic hydroxyl groups is 3. The molecule has 0 bridgehead atoms. The molecule has 1 aliphatic carbocycles. The van der Waals surface area contributed by atoms with Gasteiger partial charge in [-0.1, -0.05) is 23.7 Å². The maximum Gasteiger partial charge on any atom is 0.240 e. The standard InChI is InChI=1S/C19H19Cl2N5O4/c20-6-14(27)25-18-12-7-24-26(19(12)23-8-22-18)13-5-11(16(29)17(13)30)15(28)9-1-3-10(21)4-2-9/h1-4,7-8,11,13,15-17,28-30H,5-6H2,(H,22,23,25,27)/t11-,13-,15?,16-,17+/m1/s1. The summed E-state index contributed by atoms with van der Waals surface area (Å²) in [6, 6.07) is 6.05. The lowest BCUT2D eigenvalue weighted by molar-refractivity contribution is -0.113. The summed E-state index contributed by atoms with van der Waals surface area (Å²) < 4.78 is 1.48. The summed E-state index contributed by atoms with van der Waals surface area (Å²) in [4.78, 5) is 19.9. The lowest BCUT2D eigenvalue weighted by atomic mass is 9.92. The molecule has 4 N–H and O–H groups in total. The zero-order chi connectivity index (χ0) is 21.4. The van der Waals surface area contributed by atoms with E-state index >= 15 is 0 Å². The third-order valence-electron chi connectivity index (χ3n) is 5.40. The van der Waals surface area contributed by atoms with E-state index in [1.54, 1.807) is 24.3 Å². The Morgan fingerprint density at radius 3 is 2.67 bits per heavy atom. The number of halogens is 2. The van der Waals surface area contributed by atoms with Crippen LogP contribution in [0.25, 0.3) is 11.0 Å². The number of carbonyl (C=O) groups is 1. The van der Waals surface area contributed by atoms with E-state index in [0.717, 1.165) is 0 Å². The quantitative estimate of drug-likeness (QED) is 0.433. The zero-order valence-electron chi connectivity index (χ0n) is 15.6. The lowest BCUT2D eigenvalue weighted by Gasteiger charge is -2.22. The summed E-state index contributed by atoms with van der Waals surface area (Å²) in [5.41, 5.74) is 0.975. The number of nitrogens with one attached hydrogen (secondary N) is 1. The highest BCUT2D eigenvalue weighted by Gasteiger charge is 2.46. The molecular weight excluding hydrogens is 433 g/mol. The minimum Gasteiger partial charge on any atom is -0.390 e. The Morgan fingerprint density at radius 1 is 1.23 bits per heavy atom. The van der Waals surface area contributed by atoms with Gasteiger partial charge in [0.1, 0.15) is 24.1 Å². The second kappa shape index (κ2) is 8.44. The first-order chi connectivity index (χ1) is 14.4. The normalized spacial score (nSPS) is 24.8. The van der Waals surface area contributed by atoms with Gasteiger partial charge in [0.05, 0.1) is 29.8 Å². The maximum absolute atomic E-state index is 11.6. The van der Waals surface area contributed by atoms with Crippen LogP contribution < -0.4 is 5.32 Å². The molecule has 1 aromatic carbocycles. The number of aromatic nitrogens is 4. The third-order valence-corrected chi connectivity index (χ3v) is 5.89. The smallest absolute Gasteiger partial charge is 0.240 e. The average molecular weight is 452 g/mol. The maximum atomic E-state index is 11.6. The van der Waals surface area contributed by atoms with E-state index in [1.165, 1.54) is 17.2 Å². The zero-order valence-corrected chi connectivity index (χ0v) is 17.1. The Bertz CT molecular complexity index is 1060. The molecule has 11 heteroatoms. The number of alkyl halides is 1. The number of amides is 1. The van der Waals surface area contributed by atoms with Crippen molar-refractivity contribution in [2.45, 2.75) is 30.8 Å². The minimum absolute atomic E-state index is 0.225.